The molecule has 0 saturated carbocycles. The number of aromatic amines is 1. The summed E-state index contributed by atoms with van der Waals surface area (Å²) >= 11 is 0. The fourth-order valence-electron chi connectivity index (χ4n) is 1.96. The molecule has 0 saturated heterocycles. The summed E-state index contributed by atoms with van der Waals surface area (Å²) in [6.45, 7) is 2.30. The van der Waals surface area contributed by atoms with Crippen LogP contribution in [-0.4, -0.2) is 15.0 Å². The third-order valence-electron chi connectivity index (χ3n) is 2.70. The van der Waals surface area contributed by atoms with Crippen LogP contribution in [0.15, 0.2) is 29.0 Å². The number of H-pyrrole nitrogens is 1. The highest BCUT2D eigenvalue weighted by molar-refractivity contribution is 5.92. The Labute approximate surface area is 97.7 Å². The van der Waals surface area contributed by atoms with Gasteiger partial charge in [0.15, 0.2) is 5.76 Å². The van der Waals surface area contributed by atoms with Crippen LogP contribution in [0.4, 0.5) is 0 Å². The summed E-state index contributed by atoms with van der Waals surface area (Å²) in [4.78, 5) is 11.9. The molecule has 3 rings (SSSR count). The fourth-order valence-corrected chi connectivity index (χ4v) is 1.96. The van der Waals surface area contributed by atoms with E-state index in [1.54, 1.807) is 6.26 Å². The van der Waals surface area contributed by atoms with E-state index in [0.29, 0.717) is 12.4 Å². The Kier molecular flexibility index (Phi) is 2.19. The maximum absolute atomic E-state index is 5.71. The van der Waals surface area contributed by atoms with E-state index in [0.717, 1.165) is 28.1 Å². The molecule has 3 N–H and O–H groups in total. The first-order valence-electron chi connectivity index (χ1n) is 5.38. The highest BCUT2D eigenvalue weighted by Gasteiger charge is 2.14. The number of hydrogen-bond acceptors (Lipinski definition) is 4. The van der Waals surface area contributed by atoms with Crippen LogP contribution in [0.1, 0.15) is 11.4 Å². The molecule has 0 aromatic carbocycles. The van der Waals surface area contributed by atoms with Gasteiger partial charge in [0.1, 0.15) is 17.2 Å². The molecule has 5 nitrogen and oxygen atoms in total. The first kappa shape index (κ1) is 10.0. The van der Waals surface area contributed by atoms with Crippen LogP contribution in [-0.2, 0) is 6.54 Å². The first-order chi connectivity index (χ1) is 8.29. The topological polar surface area (TPSA) is 80.7 Å². The smallest absolute Gasteiger partial charge is 0.153 e. The number of nitrogens with two attached hydrogens (primary N) is 1. The number of nitrogens with one attached hydrogen (secondary N) is 1. The first-order valence-corrected chi connectivity index (χ1v) is 5.38. The summed E-state index contributed by atoms with van der Waals surface area (Å²) in [5, 5.41) is 0.938. The van der Waals surface area contributed by atoms with Gasteiger partial charge in [0.25, 0.3) is 0 Å². The molecule has 0 unspecified atom stereocenters. The highest BCUT2D eigenvalue weighted by atomic mass is 16.3. The van der Waals surface area contributed by atoms with Crippen molar-refractivity contribution in [1.82, 2.24) is 15.0 Å². The van der Waals surface area contributed by atoms with Gasteiger partial charge >= 0.3 is 0 Å². The molecule has 3 aromatic rings. The van der Waals surface area contributed by atoms with Gasteiger partial charge in [-0.25, -0.2) is 9.97 Å². The molecule has 0 spiro atoms. The Morgan fingerprint density at radius 1 is 1.41 bits per heavy atom. The molecule has 0 amide bonds. The molecule has 0 aliphatic rings. The molecule has 3 aromatic heterocycles. The van der Waals surface area contributed by atoms with Gasteiger partial charge in [-0.3, -0.25) is 0 Å². The number of nitrogens with zero attached hydrogens (tertiary/aromatic N) is 2. The quantitative estimate of drug-likeness (QED) is 0.702. The van der Waals surface area contributed by atoms with E-state index in [2.05, 4.69) is 15.0 Å². The maximum atomic E-state index is 5.71. The van der Waals surface area contributed by atoms with Crippen molar-refractivity contribution in [2.24, 2.45) is 5.73 Å². The minimum absolute atomic E-state index is 0.445. The van der Waals surface area contributed by atoms with Gasteiger partial charge in [0, 0.05) is 12.7 Å². The predicted octanol–water partition coefficient (Wildman–Crippen LogP) is 1.99. The Morgan fingerprint density at radius 3 is 3.00 bits per heavy atom. The number of furan rings is 1. The standard InChI is InChI=1S/C12H12N4O/c1-7-15-11(9-3-2-4-17-9)10-8(5-13)6-14-12(10)16-7/h2-4,6H,5,13H2,1H3,(H,14,15,16). The summed E-state index contributed by atoms with van der Waals surface area (Å²) in [5.41, 5.74) is 8.29. The average molecular weight is 228 g/mol. The molecular formula is C12H12N4O. The third-order valence-corrected chi connectivity index (χ3v) is 2.70. The zero-order chi connectivity index (χ0) is 11.8. The Balaban J connectivity index is 2.38. The lowest BCUT2D eigenvalue weighted by Crippen LogP contribution is -1.98. The minimum atomic E-state index is 0.445. The number of fused-ring (bicyclic) bond motifs is 1. The summed E-state index contributed by atoms with van der Waals surface area (Å²) in [6.07, 6.45) is 3.50. The summed E-state index contributed by atoms with van der Waals surface area (Å²) in [6, 6.07) is 3.72. The van der Waals surface area contributed by atoms with E-state index in [1.807, 2.05) is 25.3 Å². The minimum Gasteiger partial charge on any atom is -0.463 e. The van der Waals surface area contributed by atoms with Crippen LogP contribution in [0.25, 0.3) is 22.5 Å². The highest BCUT2D eigenvalue weighted by Crippen LogP contribution is 2.28. The summed E-state index contributed by atoms with van der Waals surface area (Å²) in [7, 11) is 0. The predicted molar refractivity (Wildman–Crippen MR) is 64.2 cm³/mol. The van der Waals surface area contributed by atoms with Crippen LogP contribution in [0, 0.1) is 6.92 Å². The van der Waals surface area contributed by atoms with E-state index in [1.165, 1.54) is 0 Å². The van der Waals surface area contributed by atoms with E-state index >= 15 is 0 Å². The third kappa shape index (κ3) is 1.52. The molecule has 0 atom stereocenters. The molecule has 5 heteroatoms. The molecule has 3 heterocycles. The van der Waals surface area contributed by atoms with Crippen LogP contribution >= 0.6 is 0 Å². The molecule has 0 fully saturated rings. The molecule has 86 valence electrons. The van der Waals surface area contributed by atoms with E-state index in [-0.39, 0.29) is 0 Å². The Bertz CT molecular complexity index is 655. The Hall–Kier alpha value is -2.14. The normalized spacial score (nSPS) is 11.2. The van der Waals surface area contributed by atoms with Gasteiger partial charge in [0.05, 0.1) is 11.6 Å². The second-order valence-electron chi connectivity index (χ2n) is 3.84. The lowest BCUT2D eigenvalue weighted by molar-refractivity contribution is 0.580. The van der Waals surface area contributed by atoms with Crippen molar-refractivity contribution in [1.29, 1.82) is 0 Å². The molecular weight excluding hydrogens is 216 g/mol. The van der Waals surface area contributed by atoms with Gasteiger partial charge in [-0.05, 0) is 24.6 Å². The van der Waals surface area contributed by atoms with Gasteiger partial charge in [0.2, 0.25) is 0 Å². The summed E-state index contributed by atoms with van der Waals surface area (Å²) < 4.78 is 5.41. The van der Waals surface area contributed by atoms with E-state index in [4.69, 9.17) is 10.2 Å². The van der Waals surface area contributed by atoms with Gasteiger partial charge in [-0.15, -0.1) is 0 Å². The van der Waals surface area contributed by atoms with E-state index in [9.17, 15) is 0 Å². The van der Waals surface area contributed by atoms with Crippen molar-refractivity contribution in [3.05, 3.63) is 36.0 Å². The van der Waals surface area contributed by atoms with Crippen molar-refractivity contribution in [3.8, 4) is 11.5 Å². The van der Waals surface area contributed by atoms with Crippen LogP contribution < -0.4 is 5.73 Å². The monoisotopic (exact) mass is 228 g/mol. The number of hydrogen-bond donors (Lipinski definition) is 2. The SMILES string of the molecule is Cc1nc(-c2ccco2)c2c(CN)c[nH]c2n1. The lowest BCUT2D eigenvalue weighted by Gasteiger charge is -2.02. The van der Waals surface area contributed by atoms with E-state index < -0.39 is 0 Å². The maximum Gasteiger partial charge on any atom is 0.153 e. The molecule has 0 radical (unpaired) electrons. The zero-order valence-corrected chi connectivity index (χ0v) is 9.40. The summed E-state index contributed by atoms with van der Waals surface area (Å²) in [5.74, 6) is 1.43. The van der Waals surface area contributed by atoms with Crippen molar-refractivity contribution < 1.29 is 4.42 Å². The van der Waals surface area contributed by atoms with Gasteiger partial charge in [-0.2, -0.15) is 0 Å². The molecule has 0 aliphatic heterocycles. The number of rotatable bonds is 2. The van der Waals surface area contributed by atoms with Crippen LogP contribution in [0.3, 0.4) is 0 Å². The van der Waals surface area contributed by atoms with Crippen molar-refractivity contribution in [3.63, 3.8) is 0 Å². The lowest BCUT2D eigenvalue weighted by atomic mass is 10.1. The average Bonchev–Trinajstić information content (AvgIpc) is 2.96. The van der Waals surface area contributed by atoms with Gasteiger partial charge < -0.3 is 15.1 Å². The van der Waals surface area contributed by atoms with Gasteiger partial charge in [-0.1, -0.05) is 0 Å². The van der Waals surface area contributed by atoms with Crippen LogP contribution in [0.5, 0.6) is 0 Å². The number of aryl methyl sites for hydroxylation is 1. The van der Waals surface area contributed by atoms with Crippen LogP contribution in [0.2, 0.25) is 0 Å². The van der Waals surface area contributed by atoms with Crippen molar-refractivity contribution >= 4 is 11.0 Å². The van der Waals surface area contributed by atoms with Crippen molar-refractivity contribution in [2.75, 3.05) is 0 Å². The second kappa shape index (κ2) is 3.71. The largest absolute Gasteiger partial charge is 0.463 e. The number of aromatic nitrogens is 3. The second-order valence-corrected chi connectivity index (χ2v) is 3.84. The zero-order valence-electron chi connectivity index (χ0n) is 9.40. The van der Waals surface area contributed by atoms with Crippen molar-refractivity contribution in [2.45, 2.75) is 13.5 Å². The molecule has 0 bridgehead atoms. The Morgan fingerprint density at radius 2 is 2.29 bits per heavy atom. The fraction of sp³-hybridized carbons (Fsp3) is 0.167. The molecule has 0 aliphatic carbocycles. The molecule has 17 heavy (non-hydrogen) atoms.